The van der Waals surface area contributed by atoms with Crippen LogP contribution >= 0.6 is 0 Å². The lowest BCUT2D eigenvalue weighted by Crippen LogP contribution is -2.30. The molecule has 0 aromatic carbocycles. The number of hydrogen-bond acceptors (Lipinski definition) is 4. The first-order valence-electron chi connectivity index (χ1n) is 4.53. The van der Waals surface area contributed by atoms with Crippen LogP contribution in [0.25, 0.3) is 0 Å². The van der Waals surface area contributed by atoms with Crippen molar-refractivity contribution in [1.29, 1.82) is 5.26 Å². The molecule has 0 saturated carbocycles. The van der Waals surface area contributed by atoms with E-state index in [1.807, 2.05) is 6.07 Å². The molecular formula is C10H17N3O2. The Morgan fingerprint density at radius 3 is 2.33 bits per heavy atom. The van der Waals surface area contributed by atoms with Crippen molar-refractivity contribution in [2.75, 3.05) is 14.1 Å². The Morgan fingerprint density at radius 1 is 1.47 bits per heavy atom. The summed E-state index contributed by atoms with van der Waals surface area (Å²) in [5.41, 5.74) is -0.191. The maximum Gasteiger partial charge on any atom is 0.411 e. The summed E-state index contributed by atoms with van der Waals surface area (Å²) in [4.78, 5) is 12.8. The number of nitrogens with one attached hydrogen (secondary N) is 1. The number of amides is 1. The van der Waals surface area contributed by atoms with Crippen molar-refractivity contribution in [3.63, 3.8) is 0 Å². The Bertz CT molecular complexity index is 295. The van der Waals surface area contributed by atoms with Gasteiger partial charge in [-0.15, -0.1) is 0 Å². The van der Waals surface area contributed by atoms with Crippen molar-refractivity contribution in [3.05, 3.63) is 11.9 Å². The van der Waals surface area contributed by atoms with Gasteiger partial charge in [0.1, 0.15) is 17.4 Å². The van der Waals surface area contributed by atoms with E-state index in [-0.39, 0.29) is 0 Å². The molecule has 15 heavy (non-hydrogen) atoms. The van der Waals surface area contributed by atoms with Gasteiger partial charge in [-0.1, -0.05) is 0 Å². The lowest BCUT2D eigenvalue weighted by Gasteiger charge is -2.19. The van der Waals surface area contributed by atoms with Crippen LogP contribution in [0.3, 0.4) is 0 Å². The maximum absolute atomic E-state index is 11.2. The van der Waals surface area contributed by atoms with Crippen LogP contribution in [0, 0.1) is 11.3 Å². The summed E-state index contributed by atoms with van der Waals surface area (Å²) in [5.74, 6) is 0. The fourth-order valence-electron chi connectivity index (χ4n) is 0.696. The first-order valence-corrected chi connectivity index (χ1v) is 4.53. The lowest BCUT2D eigenvalue weighted by molar-refractivity contribution is 0.0551. The van der Waals surface area contributed by atoms with Gasteiger partial charge in [0.15, 0.2) is 0 Å². The number of allylic oxidation sites excluding steroid dienone is 1. The molecular weight excluding hydrogens is 194 g/mol. The maximum atomic E-state index is 11.2. The van der Waals surface area contributed by atoms with E-state index in [9.17, 15) is 4.79 Å². The smallest absolute Gasteiger partial charge is 0.411 e. The van der Waals surface area contributed by atoms with Crippen molar-refractivity contribution >= 4 is 6.09 Å². The van der Waals surface area contributed by atoms with Crippen LogP contribution in [-0.4, -0.2) is 30.7 Å². The summed E-state index contributed by atoms with van der Waals surface area (Å²) in [5, 5.41) is 11.1. The Labute approximate surface area is 90.3 Å². The molecule has 84 valence electrons. The Morgan fingerprint density at radius 2 is 2.00 bits per heavy atom. The van der Waals surface area contributed by atoms with Crippen LogP contribution in [0.15, 0.2) is 11.9 Å². The Hall–Kier alpha value is -1.70. The van der Waals surface area contributed by atoms with E-state index in [4.69, 9.17) is 10.00 Å². The fraction of sp³-hybridized carbons (Fsp3) is 0.600. The highest BCUT2D eigenvalue weighted by atomic mass is 16.6. The number of nitriles is 1. The molecule has 0 radical (unpaired) electrons. The van der Waals surface area contributed by atoms with Gasteiger partial charge in [-0.3, -0.25) is 5.32 Å². The van der Waals surface area contributed by atoms with Crippen LogP contribution in [0.1, 0.15) is 20.8 Å². The third-order valence-corrected chi connectivity index (χ3v) is 1.32. The number of rotatable bonds is 2. The lowest BCUT2D eigenvalue weighted by atomic mass is 10.2. The molecule has 0 aliphatic rings. The molecule has 0 unspecified atom stereocenters. The molecule has 0 aliphatic carbocycles. The van der Waals surface area contributed by atoms with Gasteiger partial charge in [0.05, 0.1) is 0 Å². The average molecular weight is 211 g/mol. The zero-order chi connectivity index (χ0) is 12.1. The van der Waals surface area contributed by atoms with E-state index >= 15 is 0 Å². The monoisotopic (exact) mass is 211 g/mol. The summed E-state index contributed by atoms with van der Waals surface area (Å²) < 4.78 is 4.99. The minimum Gasteiger partial charge on any atom is -0.444 e. The van der Waals surface area contributed by atoms with E-state index in [1.165, 1.54) is 6.20 Å². The Balaban J connectivity index is 4.27. The van der Waals surface area contributed by atoms with Gasteiger partial charge in [-0.05, 0) is 20.8 Å². The highest BCUT2D eigenvalue weighted by Gasteiger charge is 2.15. The first kappa shape index (κ1) is 13.3. The number of carbonyl (C=O) groups excluding carboxylic acids is 1. The predicted molar refractivity (Wildman–Crippen MR) is 56.8 cm³/mol. The number of nitrogens with zero attached hydrogens (tertiary/aromatic N) is 2. The van der Waals surface area contributed by atoms with Crippen molar-refractivity contribution in [2.24, 2.45) is 0 Å². The topological polar surface area (TPSA) is 65.4 Å². The zero-order valence-electron chi connectivity index (χ0n) is 9.79. The molecule has 0 aromatic rings. The van der Waals surface area contributed by atoms with Gasteiger partial charge >= 0.3 is 6.09 Å². The van der Waals surface area contributed by atoms with E-state index in [2.05, 4.69) is 5.32 Å². The molecule has 0 aromatic heterocycles. The van der Waals surface area contributed by atoms with E-state index < -0.39 is 11.7 Å². The highest BCUT2D eigenvalue weighted by molar-refractivity contribution is 5.69. The zero-order valence-corrected chi connectivity index (χ0v) is 9.79. The fourth-order valence-corrected chi connectivity index (χ4v) is 0.696. The Kier molecular flexibility index (Phi) is 4.65. The number of carbonyl (C=O) groups is 1. The minimum absolute atomic E-state index is 0.348. The third kappa shape index (κ3) is 6.38. The summed E-state index contributed by atoms with van der Waals surface area (Å²) in [7, 11) is 3.43. The van der Waals surface area contributed by atoms with Crippen LogP contribution in [0.4, 0.5) is 4.79 Å². The standard InChI is InChI=1S/C10H17N3O2/c1-10(2,3)15-9(14)12-7-8(6-11)13(4)5/h7H,1-5H3,(H,12,14). The summed E-state index contributed by atoms with van der Waals surface area (Å²) in [6.45, 7) is 5.31. The molecule has 0 fully saturated rings. The molecule has 0 atom stereocenters. The molecule has 1 N–H and O–H groups in total. The van der Waals surface area contributed by atoms with Gasteiger partial charge in [0.2, 0.25) is 0 Å². The quantitative estimate of drug-likeness (QED) is 0.702. The number of ether oxygens (including phenoxy) is 1. The second-order valence-corrected chi connectivity index (χ2v) is 4.18. The summed E-state index contributed by atoms with van der Waals surface area (Å²) >= 11 is 0. The molecule has 0 aliphatic heterocycles. The molecule has 5 heteroatoms. The van der Waals surface area contributed by atoms with Crippen LogP contribution < -0.4 is 5.32 Å². The van der Waals surface area contributed by atoms with Crippen molar-refractivity contribution in [1.82, 2.24) is 10.2 Å². The average Bonchev–Trinajstić information content (AvgIpc) is 2.01. The van der Waals surface area contributed by atoms with Crippen molar-refractivity contribution < 1.29 is 9.53 Å². The molecule has 0 heterocycles. The van der Waals surface area contributed by atoms with E-state index in [0.29, 0.717) is 5.70 Å². The van der Waals surface area contributed by atoms with Gasteiger partial charge in [-0.25, -0.2) is 4.79 Å². The van der Waals surface area contributed by atoms with E-state index in [0.717, 1.165) is 0 Å². The van der Waals surface area contributed by atoms with Crippen LogP contribution in [0.5, 0.6) is 0 Å². The third-order valence-electron chi connectivity index (χ3n) is 1.32. The van der Waals surface area contributed by atoms with Crippen molar-refractivity contribution in [3.8, 4) is 6.07 Å². The first-order chi connectivity index (χ1) is 6.76. The molecule has 0 rings (SSSR count). The predicted octanol–water partition coefficient (Wildman–Crippen LogP) is 1.44. The molecule has 5 nitrogen and oxygen atoms in total. The number of alkyl carbamates (subject to hydrolysis) is 1. The largest absolute Gasteiger partial charge is 0.444 e. The highest BCUT2D eigenvalue weighted by Crippen LogP contribution is 2.06. The minimum atomic E-state index is -0.572. The van der Waals surface area contributed by atoms with Crippen molar-refractivity contribution in [2.45, 2.75) is 26.4 Å². The summed E-state index contributed by atoms with van der Waals surface area (Å²) in [6.07, 6.45) is 0.741. The van der Waals surface area contributed by atoms with Gasteiger partial charge in [0, 0.05) is 20.3 Å². The summed E-state index contributed by atoms with van der Waals surface area (Å²) in [6, 6.07) is 1.94. The van der Waals surface area contributed by atoms with Crippen LogP contribution in [-0.2, 0) is 4.74 Å². The molecule has 0 saturated heterocycles. The SMILES string of the molecule is CN(C)C(C#N)=CNC(=O)OC(C)(C)C. The van der Waals surface area contributed by atoms with Gasteiger partial charge in [0.25, 0.3) is 0 Å². The van der Waals surface area contributed by atoms with Crippen LogP contribution in [0.2, 0.25) is 0 Å². The van der Waals surface area contributed by atoms with Gasteiger partial charge < -0.3 is 9.64 Å². The normalized spacial score (nSPS) is 11.6. The second-order valence-electron chi connectivity index (χ2n) is 4.18. The van der Waals surface area contributed by atoms with E-state index in [1.54, 1.807) is 39.8 Å². The molecule has 1 amide bonds. The second kappa shape index (κ2) is 5.25. The van der Waals surface area contributed by atoms with Gasteiger partial charge in [-0.2, -0.15) is 5.26 Å². The molecule has 0 bridgehead atoms. The molecule has 0 spiro atoms. The number of hydrogen-bond donors (Lipinski definition) is 1.